The Balaban J connectivity index is 1.68. The van der Waals surface area contributed by atoms with Crippen molar-refractivity contribution in [2.45, 2.75) is 25.8 Å². The molecule has 0 bridgehead atoms. The van der Waals surface area contributed by atoms with Crippen molar-refractivity contribution in [3.8, 4) is 6.07 Å². The molecule has 0 aliphatic heterocycles. The second-order valence-corrected chi connectivity index (χ2v) is 7.87. The molecule has 0 spiro atoms. The minimum absolute atomic E-state index is 0.0343. The van der Waals surface area contributed by atoms with Crippen LogP contribution in [-0.2, 0) is 4.79 Å². The Morgan fingerprint density at radius 1 is 1.04 bits per heavy atom. The highest BCUT2D eigenvalue weighted by atomic mass is 32.1. The standard InChI is InChI=1S/C23H23N3OS/c1-16(2)18-7-9-19(10-8-18)23(21-4-3-13-28-21)25-15-22(27)26-20-11-5-17(14-24)6-12-20/h3-13,16,23,25H,15H2,1-2H3,(H,26,27)/t23-/m1/s1. The summed E-state index contributed by atoms with van der Waals surface area (Å²) in [6.45, 7) is 4.55. The SMILES string of the molecule is CC(C)c1ccc([C@@H](NCC(=O)Nc2ccc(C#N)cc2)c2cccs2)cc1. The Kier molecular flexibility index (Phi) is 6.59. The highest BCUT2D eigenvalue weighted by Crippen LogP contribution is 2.27. The zero-order valence-corrected chi connectivity index (χ0v) is 16.8. The van der Waals surface area contributed by atoms with Crippen molar-refractivity contribution < 1.29 is 4.79 Å². The molecular weight excluding hydrogens is 366 g/mol. The van der Waals surface area contributed by atoms with Crippen LogP contribution in [0.4, 0.5) is 5.69 Å². The number of hydrogen-bond donors (Lipinski definition) is 2. The molecule has 1 atom stereocenters. The second-order valence-electron chi connectivity index (χ2n) is 6.89. The summed E-state index contributed by atoms with van der Waals surface area (Å²) in [6.07, 6.45) is 0. The summed E-state index contributed by atoms with van der Waals surface area (Å²) >= 11 is 1.67. The molecule has 142 valence electrons. The first-order valence-electron chi connectivity index (χ1n) is 9.23. The van der Waals surface area contributed by atoms with Gasteiger partial charge in [-0.15, -0.1) is 11.3 Å². The number of thiophene rings is 1. The zero-order chi connectivity index (χ0) is 19.9. The normalized spacial score (nSPS) is 11.8. The van der Waals surface area contributed by atoms with Crippen LogP contribution in [0.1, 0.15) is 47.4 Å². The number of nitriles is 1. The van der Waals surface area contributed by atoms with E-state index in [4.69, 9.17) is 5.26 Å². The van der Waals surface area contributed by atoms with E-state index < -0.39 is 0 Å². The Labute approximate surface area is 169 Å². The largest absolute Gasteiger partial charge is 0.325 e. The molecule has 2 aromatic carbocycles. The number of carbonyl (C=O) groups is 1. The zero-order valence-electron chi connectivity index (χ0n) is 16.0. The lowest BCUT2D eigenvalue weighted by Crippen LogP contribution is -2.31. The lowest BCUT2D eigenvalue weighted by atomic mass is 9.98. The van der Waals surface area contributed by atoms with Crippen LogP contribution in [0.25, 0.3) is 0 Å². The fraction of sp³-hybridized carbons (Fsp3) is 0.217. The van der Waals surface area contributed by atoms with Gasteiger partial charge >= 0.3 is 0 Å². The molecule has 3 aromatic rings. The quantitative estimate of drug-likeness (QED) is 0.593. The summed E-state index contributed by atoms with van der Waals surface area (Å²) in [5, 5.41) is 17.1. The summed E-state index contributed by atoms with van der Waals surface area (Å²) in [6, 6.07) is 21.5. The first-order valence-corrected chi connectivity index (χ1v) is 10.1. The number of carbonyl (C=O) groups excluding carboxylic acids is 1. The first kappa shape index (κ1) is 19.8. The van der Waals surface area contributed by atoms with Crippen molar-refractivity contribution in [1.29, 1.82) is 5.26 Å². The topological polar surface area (TPSA) is 64.9 Å². The average molecular weight is 390 g/mol. The maximum Gasteiger partial charge on any atom is 0.238 e. The molecule has 0 radical (unpaired) electrons. The maximum absolute atomic E-state index is 12.4. The van der Waals surface area contributed by atoms with Crippen LogP contribution in [0.2, 0.25) is 0 Å². The fourth-order valence-corrected chi connectivity index (χ4v) is 3.77. The Morgan fingerprint density at radius 3 is 2.29 bits per heavy atom. The third-order valence-electron chi connectivity index (χ3n) is 4.53. The van der Waals surface area contributed by atoms with E-state index in [1.807, 2.05) is 11.4 Å². The number of nitrogens with one attached hydrogen (secondary N) is 2. The average Bonchev–Trinajstić information content (AvgIpc) is 3.23. The number of rotatable bonds is 7. The van der Waals surface area contributed by atoms with Crippen molar-refractivity contribution in [3.63, 3.8) is 0 Å². The van der Waals surface area contributed by atoms with E-state index in [9.17, 15) is 4.79 Å². The molecule has 28 heavy (non-hydrogen) atoms. The smallest absolute Gasteiger partial charge is 0.238 e. The molecule has 0 aliphatic rings. The Hall–Kier alpha value is -2.94. The molecule has 2 N–H and O–H groups in total. The van der Waals surface area contributed by atoms with Gasteiger partial charge in [0.2, 0.25) is 5.91 Å². The maximum atomic E-state index is 12.4. The molecule has 4 nitrogen and oxygen atoms in total. The Bertz CT molecular complexity index is 939. The van der Waals surface area contributed by atoms with Gasteiger partial charge in [0.05, 0.1) is 24.2 Å². The third-order valence-corrected chi connectivity index (χ3v) is 5.47. The van der Waals surface area contributed by atoms with E-state index in [0.29, 0.717) is 17.2 Å². The summed E-state index contributed by atoms with van der Waals surface area (Å²) in [5.74, 6) is 0.366. The van der Waals surface area contributed by atoms with E-state index in [-0.39, 0.29) is 18.5 Å². The number of benzene rings is 2. The van der Waals surface area contributed by atoms with E-state index >= 15 is 0 Å². The van der Waals surface area contributed by atoms with Gasteiger partial charge in [0.15, 0.2) is 0 Å². The van der Waals surface area contributed by atoms with Gasteiger partial charge in [-0.25, -0.2) is 0 Å². The van der Waals surface area contributed by atoms with Gasteiger partial charge < -0.3 is 5.32 Å². The molecule has 0 aliphatic carbocycles. The van der Waals surface area contributed by atoms with E-state index in [2.05, 4.69) is 60.9 Å². The van der Waals surface area contributed by atoms with Gasteiger partial charge in [-0.1, -0.05) is 44.2 Å². The molecule has 1 amide bonds. The molecule has 0 unspecified atom stereocenters. The molecule has 0 saturated heterocycles. The number of nitrogens with zero attached hydrogens (tertiary/aromatic N) is 1. The fourth-order valence-electron chi connectivity index (χ4n) is 2.94. The van der Waals surface area contributed by atoms with Gasteiger partial charge in [-0.05, 0) is 52.8 Å². The molecule has 3 rings (SSSR count). The summed E-state index contributed by atoms with van der Waals surface area (Å²) in [4.78, 5) is 13.6. The van der Waals surface area contributed by atoms with Gasteiger partial charge in [0.25, 0.3) is 0 Å². The third kappa shape index (κ3) is 5.07. The predicted molar refractivity (Wildman–Crippen MR) is 114 cm³/mol. The van der Waals surface area contributed by atoms with E-state index in [0.717, 1.165) is 5.56 Å². The number of anilines is 1. The Morgan fingerprint density at radius 2 is 1.71 bits per heavy atom. The predicted octanol–water partition coefficient (Wildman–Crippen LogP) is 5.06. The van der Waals surface area contributed by atoms with Crippen LogP contribution in [0.3, 0.4) is 0 Å². The first-order chi connectivity index (χ1) is 13.6. The van der Waals surface area contributed by atoms with E-state index in [1.165, 1.54) is 10.4 Å². The van der Waals surface area contributed by atoms with Gasteiger partial charge in [-0.3, -0.25) is 10.1 Å². The second kappa shape index (κ2) is 9.32. The number of hydrogen-bond acceptors (Lipinski definition) is 4. The summed E-state index contributed by atoms with van der Waals surface area (Å²) < 4.78 is 0. The van der Waals surface area contributed by atoms with Gasteiger partial charge in [0, 0.05) is 10.6 Å². The van der Waals surface area contributed by atoms with Gasteiger partial charge in [0.1, 0.15) is 0 Å². The summed E-state index contributed by atoms with van der Waals surface area (Å²) in [7, 11) is 0. The molecular formula is C23H23N3OS. The van der Waals surface area contributed by atoms with Gasteiger partial charge in [-0.2, -0.15) is 5.26 Å². The highest BCUT2D eigenvalue weighted by molar-refractivity contribution is 7.10. The van der Waals surface area contributed by atoms with Crippen LogP contribution < -0.4 is 10.6 Å². The van der Waals surface area contributed by atoms with Crippen LogP contribution in [0.15, 0.2) is 66.0 Å². The lowest BCUT2D eigenvalue weighted by molar-refractivity contribution is -0.115. The highest BCUT2D eigenvalue weighted by Gasteiger charge is 2.16. The van der Waals surface area contributed by atoms with Crippen molar-refractivity contribution in [3.05, 3.63) is 87.6 Å². The van der Waals surface area contributed by atoms with Crippen molar-refractivity contribution >= 4 is 22.9 Å². The molecule has 1 heterocycles. The van der Waals surface area contributed by atoms with Crippen molar-refractivity contribution in [2.75, 3.05) is 11.9 Å². The monoisotopic (exact) mass is 389 g/mol. The molecule has 1 aromatic heterocycles. The van der Waals surface area contributed by atoms with Crippen LogP contribution in [0, 0.1) is 11.3 Å². The summed E-state index contributed by atoms with van der Waals surface area (Å²) in [5.41, 5.74) is 3.68. The van der Waals surface area contributed by atoms with Crippen LogP contribution >= 0.6 is 11.3 Å². The minimum atomic E-state index is -0.120. The van der Waals surface area contributed by atoms with Crippen LogP contribution in [0.5, 0.6) is 0 Å². The lowest BCUT2D eigenvalue weighted by Gasteiger charge is -2.19. The molecule has 0 saturated carbocycles. The minimum Gasteiger partial charge on any atom is -0.325 e. The molecule has 0 fully saturated rings. The number of amides is 1. The van der Waals surface area contributed by atoms with Crippen LogP contribution in [-0.4, -0.2) is 12.5 Å². The van der Waals surface area contributed by atoms with Crippen molar-refractivity contribution in [2.24, 2.45) is 0 Å². The molecule has 5 heteroatoms. The van der Waals surface area contributed by atoms with E-state index in [1.54, 1.807) is 35.6 Å². The van der Waals surface area contributed by atoms with Crippen molar-refractivity contribution in [1.82, 2.24) is 5.32 Å².